The van der Waals surface area contributed by atoms with Gasteiger partial charge in [-0.05, 0) is 18.2 Å². The third-order valence-corrected chi connectivity index (χ3v) is 2.75. The van der Waals surface area contributed by atoms with Crippen LogP contribution in [0.2, 0.25) is 0 Å². The number of anilines is 1. The van der Waals surface area contributed by atoms with E-state index in [1.165, 1.54) is 6.20 Å². The summed E-state index contributed by atoms with van der Waals surface area (Å²) in [5.41, 5.74) is 1.91. The lowest BCUT2D eigenvalue weighted by Gasteiger charge is -2.18. The standard InChI is InChI=1S/C12H10N4O2/c17-12(18)9-7-15-16-10(3-5-14-11(9)16)8-2-1-4-13-6-8/h1-4,6-7,14H,5H2,(H,17,18). The highest BCUT2D eigenvalue weighted by Gasteiger charge is 2.21. The summed E-state index contributed by atoms with van der Waals surface area (Å²) in [5.74, 6) is -0.486. The van der Waals surface area contributed by atoms with Crippen molar-refractivity contribution < 1.29 is 9.90 Å². The van der Waals surface area contributed by atoms with Crippen molar-refractivity contribution in [3.63, 3.8) is 0 Å². The number of carboxylic acid groups (broad SMARTS) is 1. The highest BCUT2D eigenvalue weighted by atomic mass is 16.4. The van der Waals surface area contributed by atoms with Crippen LogP contribution in [0.1, 0.15) is 15.9 Å². The minimum absolute atomic E-state index is 0.171. The zero-order valence-electron chi connectivity index (χ0n) is 9.37. The van der Waals surface area contributed by atoms with Gasteiger partial charge in [0.15, 0.2) is 0 Å². The van der Waals surface area contributed by atoms with Gasteiger partial charge in [0.1, 0.15) is 11.4 Å². The summed E-state index contributed by atoms with van der Waals surface area (Å²) >= 11 is 0. The third-order valence-electron chi connectivity index (χ3n) is 2.75. The Morgan fingerprint density at radius 1 is 1.44 bits per heavy atom. The summed E-state index contributed by atoms with van der Waals surface area (Å²) in [6.45, 7) is 0.566. The normalized spacial score (nSPS) is 13.4. The Balaban J connectivity index is 2.11. The largest absolute Gasteiger partial charge is 0.477 e. The van der Waals surface area contributed by atoms with Crippen molar-refractivity contribution in [2.45, 2.75) is 0 Å². The van der Waals surface area contributed by atoms with Gasteiger partial charge in [-0.3, -0.25) is 4.98 Å². The van der Waals surface area contributed by atoms with Gasteiger partial charge in [-0.15, -0.1) is 0 Å². The fourth-order valence-corrected chi connectivity index (χ4v) is 1.94. The second-order valence-corrected chi connectivity index (χ2v) is 3.84. The molecule has 18 heavy (non-hydrogen) atoms. The fourth-order valence-electron chi connectivity index (χ4n) is 1.94. The second-order valence-electron chi connectivity index (χ2n) is 3.84. The Hall–Kier alpha value is -2.63. The maximum absolute atomic E-state index is 11.1. The number of fused-ring (bicyclic) bond motifs is 1. The molecule has 0 unspecified atom stereocenters. The fraction of sp³-hybridized carbons (Fsp3) is 0.0833. The van der Waals surface area contributed by atoms with Crippen LogP contribution in [0.15, 0.2) is 36.8 Å². The molecule has 1 aliphatic heterocycles. The maximum atomic E-state index is 11.1. The van der Waals surface area contributed by atoms with Crippen LogP contribution >= 0.6 is 0 Å². The number of rotatable bonds is 2. The first kappa shape index (κ1) is 10.5. The van der Waals surface area contributed by atoms with Crippen molar-refractivity contribution in [3.8, 4) is 0 Å². The van der Waals surface area contributed by atoms with E-state index in [1.807, 2.05) is 18.2 Å². The topological polar surface area (TPSA) is 80.0 Å². The molecule has 3 heterocycles. The van der Waals surface area contributed by atoms with E-state index in [9.17, 15) is 4.79 Å². The number of nitrogens with zero attached hydrogens (tertiary/aromatic N) is 3. The highest BCUT2D eigenvalue weighted by Crippen LogP contribution is 2.26. The van der Waals surface area contributed by atoms with Gasteiger partial charge in [0.25, 0.3) is 0 Å². The van der Waals surface area contributed by atoms with Crippen LogP contribution in [-0.4, -0.2) is 32.4 Å². The molecule has 0 fully saturated rings. The molecule has 1 aliphatic rings. The number of carbonyl (C=O) groups is 1. The van der Waals surface area contributed by atoms with Crippen LogP contribution in [0.4, 0.5) is 5.82 Å². The molecular weight excluding hydrogens is 232 g/mol. The molecule has 2 N–H and O–H groups in total. The Morgan fingerprint density at radius 2 is 2.33 bits per heavy atom. The van der Waals surface area contributed by atoms with E-state index >= 15 is 0 Å². The van der Waals surface area contributed by atoms with Crippen molar-refractivity contribution in [2.24, 2.45) is 0 Å². The summed E-state index contributed by atoms with van der Waals surface area (Å²) in [5, 5.41) is 16.2. The smallest absolute Gasteiger partial charge is 0.341 e. The lowest BCUT2D eigenvalue weighted by molar-refractivity contribution is 0.0698. The monoisotopic (exact) mass is 242 g/mol. The molecule has 6 nitrogen and oxygen atoms in total. The lowest BCUT2D eigenvalue weighted by atomic mass is 10.2. The van der Waals surface area contributed by atoms with Crippen LogP contribution in [0.25, 0.3) is 5.70 Å². The van der Waals surface area contributed by atoms with E-state index in [4.69, 9.17) is 5.11 Å². The maximum Gasteiger partial charge on any atom is 0.341 e. The van der Waals surface area contributed by atoms with E-state index in [0.717, 1.165) is 11.3 Å². The molecule has 0 spiro atoms. The average Bonchev–Trinajstić information content (AvgIpc) is 2.83. The third kappa shape index (κ3) is 1.55. The molecular formula is C12H10N4O2. The zero-order valence-corrected chi connectivity index (χ0v) is 9.37. The van der Waals surface area contributed by atoms with Crippen molar-refractivity contribution in [3.05, 3.63) is 47.9 Å². The summed E-state index contributed by atoms with van der Waals surface area (Å²) in [7, 11) is 0. The first-order chi connectivity index (χ1) is 8.77. The van der Waals surface area contributed by atoms with Crippen molar-refractivity contribution >= 4 is 17.5 Å². The van der Waals surface area contributed by atoms with E-state index in [0.29, 0.717) is 12.4 Å². The molecule has 6 heteroatoms. The molecule has 0 aromatic carbocycles. The molecule has 0 saturated heterocycles. The highest BCUT2D eigenvalue weighted by molar-refractivity contribution is 5.94. The van der Waals surface area contributed by atoms with Crippen LogP contribution in [0, 0.1) is 0 Å². The van der Waals surface area contributed by atoms with E-state index < -0.39 is 5.97 Å². The summed E-state index contributed by atoms with van der Waals surface area (Å²) in [4.78, 5) is 15.1. The number of aromatic nitrogens is 3. The Kier molecular flexibility index (Phi) is 2.33. The Bertz CT molecular complexity index is 631. The number of nitrogens with one attached hydrogen (secondary N) is 1. The Labute approximate surface area is 103 Å². The second kappa shape index (κ2) is 3.99. The van der Waals surface area contributed by atoms with E-state index in [-0.39, 0.29) is 5.56 Å². The lowest BCUT2D eigenvalue weighted by Crippen LogP contribution is -2.16. The number of carboxylic acids is 1. The molecule has 0 saturated carbocycles. The van der Waals surface area contributed by atoms with E-state index in [2.05, 4.69) is 15.4 Å². The van der Waals surface area contributed by atoms with Gasteiger partial charge in [0.2, 0.25) is 0 Å². The molecule has 0 bridgehead atoms. The minimum Gasteiger partial charge on any atom is -0.477 e. The number of hydrogen-bond donors (Lipinski definition) is 2. The quantitative estimate of drug-likeness (QED) is 0.829. The van der Waals surface area contributed by atoms with E-state index in [1.54, 1.807) is 17.1 Å². The van der Waals surface area contributed by atoms with Crippen LogP contribution < -0.4 is 5.32 Å². The average molecular weight is 242 g/mol. The molecule has 0 amide bonds. The van der Waals surface area contributed by atoms with Crippen LogP contribution in [-0.2, 0) is 0 Å². The zero-order chi connectivity index (χ0) is 12.5. The van der Waals surface area contributed by atoms with Crippen molar-refractivity contribution in [1.82, 2.24) is 14.8 Å². The molecule has 2 aromatic heterocycles. The van der Waals surface area contributed by atoms with Crippen LogP contribution in [0.5, 0.6) is 0 Å². The van der Waals surface area contributed by atoms with Gasteiger partial charge < -0.3 is 10.4 Å². The van der Waals surface area contributed by atoms with Crippen molar-refractivity contribution in [2.75, 3.05) is 11.9 Å². The summed E-state index contributed by atoms with van der Waals surface area (Å²) in [6.07, 6.45) is 6.71. The number of pyridine rings is 1. The van der Waals surface area contributed by atoms with Gasteiger partial charge in [0, 0.05) is 24.5 Å². The predicted molar refractivity (Wildman–Crippen MR) is 65.3 cm³/mol. The van der Waals surface area contributed by atoms with Crippen LogP contribution in [0.3, 0.4) is 0 Å². The molecule has 3 rings (SSSR count). The first-order valence-corrected chi connectivity index (χ1v) is 5.43. The minimum atomic E-state index is -0.990. The van der Waals surface area contributed by atoms with Gasteiger partial charge in [0.05, 0.1) is 11.9 Å². The SMILES string of the molecule is O=C(O)c1cnn2c1NCC=C2c1cccnc1. The van der Waals surface area contributed by atoms with Gasteiger partial charge >= 0.3 is 5.97 Å². The molecule has 0 aliphatic carbocycles. The molecule has 0 atom stereocenters. The summed E-state index contributed by atoms with van der Waals surface area (Å²) in [6, 6.07) is 3.75. The van der Waals surface area contributed by atoms with Gasteiger partial charge in [-0.25, -0.2) is 9.48 Å². The van der Waals surface area contributed by atoms with Crippen molar-refractivity contribution in [1.29, 1.82) is 0 Å². The number of aromatic carboxylic acids is 1. The summed E-state index contributed by atoms with van der Waals surface area (Å²) < 4.78 is 1.59. The Morgan fingerprint density at radius 3 is 3.06 bits per heavy atom. The molecule has 90 valence electrons. The molecule has 0 radical (unpaired) electrons. The van der Waals surface area contributed by atoms with Gasteiger partial charge in [-0.1, -0.05) is 0 Å². The number of hydrogen-bond acceptors (Lipinski definition) is 4. The van der Waals surface area contributed by atoms with Gasteiger partial charge in [-0.2, -0.15) is 5.10 Å². The molecule has 2 aromatic rings. The predicted octanol–water partition coefficient (Wildman–Crippen LogP) is 1.29. The first-order valence-electron chi connectivity index (χ1n) is 5.43.